The van der Waals surface area contributed by atoms with Gasteiger partial charge in [-0.1, -0.05) is 0 Å². The molecule has 2 amide bonds. The fourth-order valence-electron chi connectivity index (χ4n) is 2.09. The van der Waals surface area contributed by atoms with Gasteiger partial charge in [0, 0.05) is 17.7 Å². The number of carbonyl (C=O) groups excluding carboxylic acids is 2. The van der Waals surface area contributed by atoms with Gasteiger partial charge in [0.2, 0.25) is 0 Å². The molecular formula is C15H9F3N2O3. The Kier molecular flexibility index (Phi) is 3.65. The number of halogens is 3. The molecule has 2 aromatic carbocycles. The van der Waals surface area contributed by atoms with E-state index in [4.69, 9.17) is 4.74 Å². The lowest BCUT2D eigenvalue weighted by Crippen LogP contribution is -2.26. The van der Waals surface area contributed by atoms with E-state index >= 15 is 0 Å². The number of nitrogens with one attached hydrogen (secondary N) is 2. The topological polar surface area (TPSA) is 67.4 Å². The second kappa shape index (κ2) is 5.64. The predicted molar refractivity (Wildman–Crippen MR) is 74.8 cm³/mol. The van der Waals surface area contributed by atoms with Gasteiger partial charge in [0.1, 0.15) is 5.82 Å². The molecule has 1 heterocycles. The normalized spacial score (nSPS) is 12.9. The van der Waals surface area contributed by atoms with Crippen LogP contribution in [0.25, 0.3) is 0 Å². The van der Waals surface area contributed by atoms with Crippen LogP contribution in [0.4, 0.5) is 24.5 Å². The number of carbonyl (C=O) groups is 2. The summed E-state index contributed by atoms with van der Waals surface area (Å²) < 4.78 is 44.8. The Balaban J connectivity index is 1.92. The zero-order valence-corrected chi connectivity index (χ0v) is 11.5. The average molecular weight is 322 g/mol. The Morgan fingerprint density at radius 3 is 2.65 bits per heavy atom. The summed E-state index contributed by atoms with van der Waals surface area (Å²) in [6.07, 6.45) is 0. The van der Waals surface area contributed by atoms with Crippen molar-refractivity contribution in [3.8, 4) is 5.75 Å². The van der Waals surface area contributed by atoms with E-state index in [-0.39, 0.29) is 29.3 Å². The number of anilines is 2. The molecule has 0 fully saturated rings. The van der Waals surface area contributed by atoms with Gasteiger partial charge in [-0.25, -0.2) is 13.2 Å². The molecule has 0 aromatic heterocycles. The van der Waals surface area contributed by atoms with Crippen molar-refractivity contribution in [2.45, 2.75) is 0 Å². The van der Waals surface area contributed by atoms with Gasteiger partial charge in [-0.2, -0.15) is 0 Å². The molecule has 23 heavy (non-hydrogen) atoms. The molecule has 0 radical (unpaired) electrons. The lowest BCUT2D eigenvalue weighted by Gasteiger charge is -2.21. The van der Waals surface area contributed by atoms with Gasteiger partial charge in [0.15, 0.2) is 24.0 Å². The SMILES string of the molecule is O=C1COc2c(cc(F)cc2NC(=O)c2ccc(F)c(F)c2)N1. The fraction of sp³-hybridized carbons (Fsp3) is 0.0667. The van der Waals surface area contributed by atoms with E-state index in [1.165, 1.54) is 0 Å². The van der Waals surface area contributed by atoms with E-state index in [0.29, 0.717) is 0 Å². The van der Waals surface area contributed by atoms with Crippen LogP contribution in [0.15, 0.2) is 30.3 Å². The van der Waals surface area contributed by atoms with Crippen LogP contribution in [0, 0.1) is 17.5 Å². The summed E-state index contributed by atoms with van der Waals surface area (Å²) in [6.45, 7) is -0.285. The minimum Gasteiger partial charge on any atom is -0.479 e. The number of fused-ring (bicyclic) bond motifs is 1. The Hall–Kier alpha value is -3.03. The molecule has 2 aromatic rings. The molecule has 1 aliphatic rings. The molecule has 0 atom stereocenters. The van der Waals surface area contributed by atoms with Crippen molar-refractivity contribution in [3.63, 3.8) is 0 Å². The molecule has 3 rings (SSSR count). The lowest BCUT2D eigenvalue weighted by molar-refractivity contribution is -0.118. The van der Waals surface area contributed by atoms with Crippen LogP contribution in [0.2, 0.25) is 0 Å². The van der Waals surface area contributed by atoms with Crippen molar-refractivity contribution in [3.05, 3.63) is 53.3 Å². The van der Waals surface area contributed by atoms with Crippen molar-refractivity contribution in [2.75, 3.05) is 17.2 Å². The smallest absolute Gasteiger partial charge is 0.262 e. The lowest BCUT2D eigenvalue weighted by atomic mass is 10.1. The van der Waals surface area contributed by atoms with Crippen LogP contribution in [-0.2, 0) is 4.79 Å². The highest BCUT2D eigenvalue weighted by Gasteiger charge is 2.22. The van der Waals surface area contributed by atoms with Gasteiger partial charge in [-0.3, -0.25) is 9.59 Å². The number of amides is 2. The summed E-state index contributed by atoms with van der Waals surface area (Å²) in [5.41, 5.74) is -0.113. The number of hydrogen-bond acceptors (Lipinski definition) is 3. The van der Waals surface area contributed by atoms with E-state index in [9.17, 15) is 22.8 Å². The van der Waals surface area contributed by atoms with Crippen molar-refractivity contribution in [2.24, 2.45) is 0 Å². The highest BCUT2D eigenvalue weighted by Crippen LogP contribution is 2.36. The van der Waals surface area contributed by atoms with E-state index in [1.807, 2.05) is 0 Å². The summed E-state index contributed by atoms with van der Waals surface area (Å²) in [5, 5.41) is 4.75. The third-order valence-corrected chi connectivity index (χ3v) is 3.11. The first-order valence-corrected chi connectivity index (χ1v) is 6.46. The molecule has 0 saturated heterocycles. The van der Waals surface area contributed by atoms with E-state index in [1.54, 1.807) is 0 Å². The first-order valence-electron chi connectivity index (χ1n) is 6.46. The maximum absolute atomic E-state index is 13.6. The molecule has 0 spiro atoms. The van der Waals surface area contributed by atoms with Gasteiger partial charge in [-0.15, -0.1) is 0 Å². The third-order valence-electron chi connectivity index (χ3n) is 3.11. The predicted octanol–water partition coefficient (Wildman–Crippen LogP) is 2.69. The highest BCUT2D eigenvalue weighted by molar-refractivity contribution is 6.06. The first-order chi connectivity index (χ1) is 10.9. The van der Waals surface area contributed by atoms with Crippen LogP contribution in [0.1, 0.15) is 10.4 Å². The van der Waals surface area contributed by atoms with Gasteiger partial charge < -0.3 is 15.4 Å². The minimum absolute atomic E-state index is 0.0327. The van der Waals surface area contributed by atoms with Gasteiger partial charge >= 0.3 is 0 Å². The Labute approximate surface area is 128 Å². The maximum atomic E-state index is 13.6. The zero-order chi connectivity index (χ0) is 16.6. The van der Waals surface area contributed by atoms with Crippen molar-refractivity contribution in [1.82, 2.24) is 0 Å². The van der Waals surface area contributed by atoms with Crippen LogP contribution in [0.3, 0.4) is 0 Å². The molecule has 118 valence electrons. The quantitative estimate of drug-likeness (QED) is 0.893. The summed E-state index contributed by atoms with van der Waals surface area (Å²) in [6, 6.07) is 4.65. The highest BCUT2D eigenvalue weighted by atomic mass is 19.2. The second-order valence-corrected chi connectivity index (χ2v) is 4.75. The van der Waals surface area contributed by atoms with Crippen LogP contribution in [0.5, 0.6) is 5.75 Å². The number of rotatable bonds is 2. The molecule has 5 nitrogen and oxygen atoms in total. The maximum Gasteiger partial charge on any atom is 0.262 e. The largest absolute Gasteiger partial charge is 0.479 e. The molecule has 0 saturated carbocycles. The average Bonchev–Trinajstić information content (AvgIpc) is 2.49. The Morgan fingerprint density at radius 2 is 1.91 bits per heavy atom. The molecule has 2 N–H and O–H groups in total. The van der Waals surface area contributed by atoms with Crippen LogP contribution < -0.4 is 15.4 Å². The first kappa shape index (κ1) is 14.9. The molecular weight excluding hydrogens is 313 g/mol. The van der Waals surface area contributed by atoms with E-state index in [2.05, 4.69) is 10.6 Å². The monoisotopic (exact) mass is 322 g/mol. The third kappa shape index (κ3) is 2.96. The van der Waals surface area contributed by atoms with Crippen LogP contribution >= 0.6 is 0 Å². The van der Waals surface area contributed by atoms with Crippen molar-refractivity contribution < 1.29 is 27.5 Å². The summed E-state index contributed by atoms with van der Waals surface area (Å²) in [4.78, 5) is 23.3. The summed E-state index contributed by atoms with van der Waals surface area (Å²) >= 11 is 0. The number of benzene rings is 2. The number of hydrogen-bond donors (Lipinski definition) is 2. The summed E-state index contributed by atoms with van der Waals surface area (Å²) in [7, 11) is 0. The molecule has 0 unspecified atom stereocenters. The van der Waals surface area contributed by atoms with Crippen LogP contribution in [-0.4, -0.2) is 18.4 Å². The van der Waals surface area contributed by atoms with Gasteiger partial charge in [0.05, 0.1) is 11.4 Å². The molecule has 0 bridgehead atoms. The minimum atomic E-state index is -1.18. The van der Waals surface area contributed by atoms with Crippen molar-refractivity contribution >= 4 is 23.2 Å². The van der Waals surface area contributed by atoms with Crippen molar-refractivity contribution in [1.29, 1.82) is 0 Å². The molecule has 1 aliphatic heterocycles. The Bertz CT molecular complexity index is 824. The fourth-order valence-corrected chi connectivity index (χ4v) is 2.09. The van der Waals surface area contributed by atoms with E-state index < -0.39 is 29.3 Å². The summed E-state index contributed by atoms with van der Waals surface area (Å²) in [5.74, 6) is -4.13. The molecule has 8 heteroatoms. The van der Waals surface area contributed by atoms with E-state index in [0.717, 1.165) is 30.3 Å². The van der Waals surface area contributed by atoms with Gasteiger partial charge in [-0.05, 0) is 18.2 Å². The molecule has 0 aliphatic carbocycles. The second-order valence-electron chi connectivity index (χ2n) is 4.75. The standard InChI is InChI=1S/C15H9F3N2O3/c16-8-4-11-14(23-6-13(21)19-11)12(5-8)20-15(22)7-1-2-9(17)10(18)3-7/h1-5H,6H2,(H,19,21)(H,20,22). The Morgan fingerprint density at radius 1 is 1.13 bits per heavy atom. The zero-order valence-electron chi connectivity index (χ0n) is 11.5. The van der Waals surface area contributed by atoms with Gasteiger partial charge in [0.25, 0.3) is 11.8 Å². The number of ether oxygens (including phenoxy) is 1.